The molecule has 3 heteroatoms. The predicted octanol–water partition coefficient (Wildman–Crippen LogP) is 3.42. The van der Waals surface area contributed by atoms with Crippen molar-refractivity contribution in [1.82, 2.24) is 5.32 Å². The maximum Gasteiger partial charge on any atom is 0.0587 e. The molecule has 0 aromatic carbocycles. The molecule has 0 bridgehead atoms. The second-order valence-electron chi connectivity index (χ2n) is 5.60. The van der Waals surface area contributed by atoms with Crippen LogP contribution in [0.1, 0.15) is 40.5 Å². The van der Waals surface area contributed by atoms with Gasteiger partial charge in [0, 0.05) is 13.7 Å². The van der Waals surface area contributed by atoms with Gasteiger partial charge in [0.25, 0.3) is 0 Å². The second kappa shape index (κ2) is 10.2. The fourth-order valence-electron chi connectivity index (χ4n) is 1.87. The van der Waals surface area contributed by atoms with E-state index in [0.29, 0.717) is 5.41 Å². The number of methoxy groups -OCH3 is 1. The molecule has 0 radical (unpaired) electrons. The van der Waals surface area contributed by atoms with E-state index in [4.69, 9.17) is 4.74 Å². The molecule has 0 spiro atoms. The van der Waals surface area contributed by atoms with Crippen LogP contribution in [0, 0.1) is 11.3 Å². The molecular weight excluding hydrogens is 230 g/mol. The van der Waals surface area contributed by atoms with Crippen molar-refractivity contribution in [2.45, 2.75) is 40.5 Å². The maximum atomic E-state index is 5.06. The van der Waals surface area contributed by atoms with Gasteiger partial charge in [0.2, 0.25) is 0 Å². The Bertz CT molecular complexity index is 156. The molecule has 0 aliphatic carbocycles. The molecule has 0 aliphatic rings. The first kappa shape index (κ1) is 17.3. The van der Waals surface area contributed by atoms with E-state index in [1.165, 1.54) is 24.3 Å². The van der Waals surface area contributed by atoms with Crippen LogP contribution >= 0.6 is 11.8 Å². The van der Waals surface area contributed by atoms with Gasteiger partial charge >= 0.3 is 0 Å². The van der Waals surface area contributed by atoms with Crippen LogP contribution in [-0.2, 0) is 4.74 Å². The van der Waals surface area contributed by atoms with Crippen molar-refractivity contribution in [1.29, 1.82) is 0 Å². The van der Waals surface area contributed by atoms with Crippen molar-refractivity contribution in [3.63, 3.8) is 0 Å². The summed E-state index contributed by atoms with van der Waals surface area (Å²) >= 11 is 2.05. The van der Waals surface area contributed by atoms with Crippen LogP contribution in [0.3, 0.4) is 0 Å². The standard InChI is InChI=1S/C14H31NOS/c1-6-17-11-7-8-13(14(2,3)4)12-15-9-10-16-5/h13,15H,6-12H2,1-5H3. The second-order valence-corrected chi connectivity index (χ2v) is 6.99. The number of ether oxygens (including phenoxy) is 1. The SMILES string of the molecule is CCSCCCC(CNCCOC)C(C)(C)C. The van der Waals surface area contributed by atoms with Crippen molar-refractivity contribution < 1.29 is 4.74 Å². The molecule has 0 aliphatic heterocycles. The number of nitrogens with one attached hydrogen (secondary N) is 1. The zero-order valence-corrected chi connectivity index (χ0v) is 13.2. The van der Waals surface area contributed by atoms with Gasteiger partial charge in [-0.2, -0.15) is 11.8 Å². The molecule has 104 valence electrons. The fraction of sp³-hybridized carbons (Fsp3) is 1.00. The Kier molecular flexibility index (Phi) is 10.4. The highest BCUT2D eigenvalue weighted by molar-refractivity contribution is 7.99. The number of hydrogen-bond donors (Lipinski definition) is 1. The minimum atomic E-state index is 0.400. The van der Waals surface area contributed by atoms with Crippen LogP contribution in [0.4, 0.5) is 0 Å². The molecule has 0 rings (SSSR count). The number of rotatable bonds is 10. The van der Waals surface area contributed by atoms with Crippen molar-refractivity contribution in [2.24, 2.45) is 11.3 Å². The normalized spacial score (nSPS) is 13.9. The molecule has 0 aromatic rings. The third kappa shape index (κ3) is 9.93. The summed E-state index contributed by atoms with van der Waals surface area (Å²) in [6, 6.07) is 0. The van der Waals surface area contributed by atoms with Gasteiger partial charge in [-0.3, -0.25) is 0 Å². The van der Waals surface area contributed by atoms with Gasteiger partial charge < -0.3 is 10.1 Å². The Morgan fingerprint density at radius 3 is 2.53 bits per heavy atom. The first-order valence-corrected chi connectivity index (χ1v) is 7.95. The third-order valence-corrected chi connectivity index (χ3v) is 4.13. The zero-order chi connectivity index (χ0) is 13.1. The van der Waals surface area contributed by atoms with E-state index in [-0.39, 0.29) is 0 Å². The average molecular weight is 261 g/mol. The molecule has 0 fully saturated rings. The molecule has 0 aromatic heterocycles. The minimum Gasteiger partial charge on any atom is -0.383 e. The highest BCUT2D eigenvalue weighted by Crippen LogP contribution is 2.29. The van der Waals surface area contributed by atoms with E-state index < -0.39 is 0 Å². The van der Waals surface area contributed by atoms with E-state index >= 15 is 0 Å². The lowest BCUT2D eigenvalue weighted by Crippen LogP contribution is -2.33. The highest BCUT2D eigenvalue weighted by atomic mass is 32.2. The summed E-state index contributed by atoms with van der Waals surface area (Å²) in [6.45, 7) is 12.2. The number of thioether (sulfide) groups is 1. The summed E-state index contributed by atoms with van der Waals surface area (Å²) in [7, 11) is 1.75. The van der Waals surface area contributed by atoms with Gasteiger partial charge in [-0.1, -0.05) is 27.7 Å². The summed E-state index contributed by atoms with van der Waals surface area (Å²) in [5, 5.41) is 3.50. The van der Waals surface area contributed by atoms with Crippen molar-refractivity contribution in [3.05, 3.63) is 0 Å². The largest absolute Gasteiger partial charge is 0.383 e. The molecule has 1 atom stereocenters. The summed E-state index contributed by atoms with van der Waals surface area (Å²) in [6.07, 6.45) is 2.67. The molecule has 17 heavy (non-hydrogen) atoms. The van der Waals surface area contributed by atoms with Gasteiger partial charge in [0.1, 0.15) is 0 Å². The lowest BCUT2D eigenvalue weighted by molar-refractivity contribution is 0.183. The molecule has 0 heterocycles. The van der Waals surface area contributed by atoms with E-state index in [9.17, 15) is 0 Å². The molecular formula is C14H31NOS. The molecule has 1 unspecified atom stereocenters. The minimum absolute atomic E-state index is 0.400. The molecule has 2 nitrogen and oxygen atoms in total. The van der Waals surface area contributed by atoms with Crippen molar-refractivity contribution in [2.75, 3.05) is 38.3 Å². The van der Waals surface area contributed by atoms with Crippen molar-refractivity contribution >= 4 is 11.8 Å². The first-order chi connectivity index (χ1) is 8.02. The quantitative estimate of drug-likeness (QED) is 0.609. The Morgan fingerprint density at radius 1 is 1.29 bits per heavy atom. The maximum absolute atomic E-state index is 5.06. The lowest BCUT2D eigenvalue weighted by atomic mass is 9.78. The van der Waals surface area contributed by atoms with Gasteiger partial charge in [0.05, 0.1) is 6.61 Å². The number of hydrogen-bond acceptors (Lipinski definition) is 3. The molecule has 0 saturated heterocycles. The zero-order valence-electron chi connectivity index (χ0n) is 12.3. The average Bonchev–Trinajstić information content (AvgIpc) is 2.25. The van der Waals surface area contributed by atoms with Gasteiger partial charge in [-0.15, -0.1) is 0 Å². The van der Waals surface area contributed by atoms with E-state index in [0.717, 1.165) is 25.6 Å². The smallest absolute Gasteiger partial charge is 0.0587 e. The van der Waals surface area contributed by atoms with E-state index in [1.807, 2.05) is 0 Å². The van der Waals surface area contributed by atoms with Crippen LogP contribution in [0.5, 0.6) is 0 Å². The van der Waals surface area contributed by atoms with Gasteiger partial charge in [0.15, 0.2) is 0 Å². The molecule has 1 N–H and O–H groups in total. The van der Waals surface area contributed by atoms with E-state index in [1.54, 1.807) is 7.11 Å². The Balaban J connectivity index is 3.81. The summed E-state index contributed by atoms with van der Waals surface area (Å²) in [5.41, 5.74) is 0.400. The predicted molar refractivity (Wildman–Crippen MR) is 79.9 cm³/mol. The van der Waals surface area contributed by atoms with Gasteiger partial charge in [-0.25, -0.2) is 0 Å². The van der Waals surface area contributed by atoms with Crippen LogP contribution in [0.25, 0.3) is 0 Å². The Hall–Kier alpha value is 0.270. The molecule has 0 saturated carbocycles. The van der Waals surface area contributed by atoms with Crippen LogP contribution in [0.15, 0.2) is 0 Å². The Labute approximate surface area is 112 Å². The monoisotopic (exact) mass is 261 g/mol. The highest BCUT2D eigenvalue weighted by Gasteiger charge is 2.23. The van der Waals surface area contributed by atoms with Crippen LogP contribution in [0.2, 0.25) is 0 Å². The van der Waals surface area contributed by atoms with Crippen LogP contribution < -0.4 is 5.32 Å². The van der Waals surface area contributed by atoms with Crippen molar-refractivity contribution in [3.8, 4) is 0 Å². The van der Waals surface area contributed by atoms with E-state index in [2.05, 4.69) is 44.8 Å². The third-order valence-electron chi connectivity index (χ3n) is 3.14. The van der Waals surface area contributed by atoms with Crippen LogP contribution in [-0.4, -0.2) is 38.3 Å². The first-order valence-electron chi connectivity index (χ1n) is 6.79. The fourth-order valence-corrected chi connectivity index (χ4v) is 2.53. The summed E-state index contributed by atoms with van der Waals surface area (Å²) < 4.78 is 5.06. The topological polar surface area (TPSA) is 21.3 Å². The Morgan fingerprint density at radius 2 is 2.00 bits per heavy atom. The van der Waals surface area contributed by atoms with Gasteiger partial charge in [-0.05, 0) is 42.2 Å². The lowest BCUT2D eigenvalue weighted by Gasteiger charge is -2.31. The summed E-state index contributed by atoms with van der Waals surface area (Å²) in [5.74, 6) is 3.31. The molecule has 0 amide bonds. The summed E-state index contributed by atoms with van der Waals surface area (Å²) in [4.78, 5) is 0.